The lowest BCUT2D eigenvalue weighted by Crippen LogP contribution is -2.37. The van der Waals surface area contributed by atoms with E-state index >= 15 is 0 Å². The predicted octanol–water partition coefficient (Wildman–Crippen LogP) is 4.76. The van der Waals surface area contributed by atoms with Crippen LogP contribution in [-0.4, -0.2) is 44.6 Å². The van der Waals surface area contributed by atoms with E-state index in [0.717, 1.165) is 18.4 Å². The maximum Gasteiger partial charge on any atom is 0.243 e. The second kappa shape index (κ2) is 9.86. The molecule has 0 saturated carbocycles. The summed E-state index contributed by atoms with van der Waals surface area (Å²) in [5.41, 5.74) is 2.14. The third kappa shape index (κ3) is 5.67. The fraction of sp³-hybridized carbons (Fsp3) is 0.520. The molecular weight excluding hydrogens is 456 g/mol. The first-order chi connectivity index (χ1) is 15.4. The highest BCUT2D eigenvalue weighted by molar-refractivity contribution is 7.89. The van der Waals surface area contributed by atoms with E-state index in [2.05, 4.69) is 32.9 Å². The molecule has 8 heteroatoms. The van der Waals surface area contributed by atoms with Gasteiger partial charge in [-0.3, -0.25) is 0 Å². The molecule has 182 valence electrons. The van der Waals surface area contributed by atoms with Gasteiger partial charge in [-0.05, 0) is 67.0 Å². The van der Waals surface area contributed by atoms with Gasteiger partial charge in [0.15, 0.2) is 0 Å². The van der Waals surface area contributed by atoms with Gasteiger partial charge in [-0.2, -0.15) is 8.61 Å². The SMILES string of the molecule is CCC(C)N(Cc1ccc(C(C)(C)C)cc1)S(=O)(=O)c1ccc(S(=O)(=O)N2CCCC2)cc1. The molecule has 0 amide bonds. The van der Waals surface area contributed by atoms with E-state index in [1.165, 1.54) is 38.4 Å². The Morgan fingerprint density at radius 2 is 1.39 bits per heavy atom. The smallest absolute Gasteiger partial charge is 0.207 e. The molecule has 1 aliphatic rings. The Balaban J connectivity index is 1.88. The Morgan fingerprint density at radius 3 is 1.88 bits per heavy atom. The van der Waals surface area contributed by atoms with Crippen molar-refractivity contribution in [1.82, 2.24) is 8.61 Å². The molecule has 1 saturated heterocycles. The standard InChI is InChI=1S/C25H36N2O4S2/c1-6-20(2)27(19-21-9-11-22(12-10-21)25(3,4)5)33(30,31)24-15-13-23(14-16-24)32(28,29)26-17-7-8-18-26/h9-16,20H,6-8,17-19H2,1-5H3. The zero-order valence-electron chi connectivity index (χ0n) is 20.3. The second-order valence-electron chi connectivity index (χ2n) is 9.84. The summed E-state index contributed by atoms with van der Waals surface area (Å²) in [4.78, 5) is 0.241. The van der Waals surface area contributed by atoms with Crippen LogP contribution in [0.2, 0.25) is 0 Å². The van der Waals surface area contributed by atoms with Crippen molar-refractivity contribution >= 4 is 20.0 Å². The zero-order chi connectivity index (χ0) is 24.4. The monoisotopic (exact) mass is 492 g/mol. The predicted molar refractivity (Wildman–Crippen MR) is 132 cm³/mol. The summed E-state index contributed by atoms with van der Waals surface area (Å²) in [5, 5.41) is 0. The molecule has 0 bridgehead atoms. The fourth-order valence-electron chi connectivity index (χ4n) is 3.97. The highest BCUT2D eigenvalue weighted by Crippen LogP contribution is 2.27. The summed E-state index contributed by atoms with van der Waals surface area (Å²) in [5.74, 6) is 0. The molecular formula is C25H36N2O4S2. The summed E-state index contributed by atoms with van der Waals surface area (Å²) in [6.45, 7) is 11.6. The Hall–Kier alpha value is -1.74. The average molecular weight is 493 g/mol. The zero-order valence-corrected chi connectivity index (χ0v) is 21.9. The van der Waals surface area contributed by atoms with Crippen LogP contribution in [0.3, 0.4) is 0 Å². The quantitative estimate of drug-likeness (QED) is 0.533. The van der Waals surface area contributed by atoms with Crippen molar-refractivity contribution in [3.8, 4) is 0 Å². The van der Waals surface area contributed by atoms with Crippen molar-refractivity contribution in [1.29, 1.82) is 0 Å². The van der Waals surface area contributed by atoms with Gasteiger partial charge in [0, 0.05) is 25.7 Å². The van der Waals surface area contributed by atoms with Crippen LogP contribution in [0.15, 0.2) is 58.3 Å². The number of hydrogen-bond donors (Lipinski definition) is 0. The molecule has 1 atom stereocenters. The third-order valence-corrected chi connectivity index (χ3v) is 10.3. The van der Waals surface area contributed by atoms with Gasteiger partial charge in [-0.1, -0.05) is 52.0 Å². The molecule has 6 nitrogen and oxygen atoms in total. The largest absolute Gasteiger partial charge is 0.243 e. The maximum atomic E-state index is 13.5. The molecule has 0 aliphatic carbocycles. The van der Waals surface area contributed by atoms with E-state index < -0.39 is 20.0 Å². The maximum absolute atomic E-state index is 13.5. The van der Waals surface area contributed by atoms with Crippen LogP contribution < -0.4 is 0 Å². The lowest BCUT2D eigenvalue weighted by atomic mass is 9.87. The minimum absolute atomic E-state index is 0.0259. The van der Waals surface area contributed by atoms with Crippen LogP contribution in [0.25, 0.3) is 0 Å². The van der Waals surface area contributed by atoms with Gasteiger partial charge in [0.2, 0.25) is 20.0 Å². The van der Waals surface area contributed by atoms with E-state index in [1.54, 1.807) is 0 Å². The van der Waals surface area contributed by atoms with Gasteiger partial charge >= 0.3 is 0 Å². The minimum Gasteiger partial charge on any atom is -0.207 e. The highest BCUT2D eigenvalue weighted by Gasteiger charge is 2.31. The Bertz CT molecular complexity index is 1140. The molecule has 0 N–H and O–H groups in total. The molecule has 0 spiro atoms. The lowest BCUT2D eigenvalue weighted by molar-refractivity contribution is 0.323. The van der Waals surface area contributed by atoms with Crippen molar-refractivity contribution in [2.24, 2.45) is 0 Å². The number of hydrogen-bond acceptors (Lipinski definition) is 4. The van der Waals surface area contributed by atoms with Gasteiger partial charge in [-0.15, -0.1) is 0 Å². The molecule has 0 radical (unpaired) electrons. The minimum atomic E-state index is -3.81. The molecule has 1 unspecified atom stereocenters. The second-order valence-corrected chi connectivity index (χ2v) is 13.7. The van der Waals surface area contributed by atoms with Crippen molar-refractivity contribution in [2.75, 3.05) is 13.1 Å². The molecule has 1 fully saturated rings. The fourth-order valence-corrected chi connectivity index (χ4v) is 7.18. The molecule has 1 aliphatic heterocycles. The topological polar surface area (TPSA) is 74.8 Å². The summed E-state index contributed by atoms with van der Waals surface area (Å²) in [6.07, 6.45) is 2.37. The molecule has 1 heterocycles. The van der Waals surface area contributed by atoms with Gasteiger partial charge in [0.25, 0.3) is 0 Å². The van der Waals surface area contributed by atoms with Crippen molar-refractivity contribution in [2.45, 2.75) is 81.7 Å². The van der Waals surface area contributed by atoms with Crippen LogP contribution in [0.4, 0.5) is 0 Å². The molecule has 2 aromatic rings. The third-order valence-electron chi connectivity index (χ3n) is 6.37. The number of benzene rings is 2. The Labute approximate surface area is 199 Å². The van der Waals surface area contributed by atoms with Gasteiger partial charge in [0.1, 0.15) is 0 Å². The molecule has 33 heavy (non-hydrogen) atoms. The van der Waals surface area contributed by atoms with Crippen molar-refractivity contribution in [3.63, 3.8) is 0 Å². The summed E-state index contributed by atoms with van der Waals surface area (Å²) >= 11 is 0. The normalized spacial score (nSPS) is 16.9. The Kier molecular flexibility index (Phi) is 7.73. The Morgan fingerprint density at radius 1 is 0.879 bits per heavy atom. The summed E-state index contributed by atoms with van der Waals surface area (Å²) in [6, 6.07) is 13.5. The van der Waals surface area contributed by atoms with Gasteiger partial charge < -0.3 is 0 Å². The first-order valence-electron chi connectivity index (χ1n) is 11.6. The van der Waals surface area contributed by atoms with E-state index in [1.807, 2.05) is 26.0 Å². The van der Waals surface area contributed by atoms with Crippen LogP contribution in [-0.2, 0) is 32.0 Å². The van der Waals surface area contributed by atoms with E-state index in [9.17, 15) is 16.8 Å². The van der Waals surface area contributed by atoms with Gasteiger partial charge in [0.05, 0.1) is 9.79 Å². The number of rotatable bonds is 8. The van der Waals surface area contributed by atoms with E-state index in [0.29, 0.717) is 19.5 Å². The number of nitrogens with zero attached hydrogens (tertiary/aromatic N) is 2. The summed E-state index contributed by atoms with van der Waals surface area (Å²) < 4.78 is 55.6. The average Bonchev–Trinajstić information content (AvgIpc) is 3.32. The molecule has 3 rings (SSSR count). The first kappa shape index (κ1) is 25.9. The van der Waals surface area contributed by atoms with Crippen LogP contribution in [0.1, 0.15) is 65.0 Å². The molecule has 0 aromatic heterocycles. The van der Waals surface area contributed by atoms with E-state index in [-0.39, 0.29) is 27.8 Å². The van der Waals surface area contributed by atoms with Crippen molar-refractivity contribution < 1.29 is 16.8 Å². The van der Waals surface area contributed by atoms with Gasteiger partial charge in [-0.25, -0.2) is 16.8 Å². The highest BCUT2D eigenvalue weighted by atomic mass is 32.2. The lowest BCUT2D eigenvalue weighted by Gasteiger charge is -2.28. The van der Waals surface area contributed by atoms with Crippen LogP contribution in [0.5, 0.6) is 0 Å². The molecule has 2 aromatic carbocycles. The summed E-state index contributed by atoms with van der Waals surface area (Å²) in [7, 11) is -7.39. The number of sulfonamides is 2. The van der Waals surface area contributed by atoms with Crippen molar-refractivity contribution in [3.05, 3.63) is 59.7 Å². The van der Waals surface area contributed by atoms with E-state index in [4.69, 9.17) is 0 Å². The van der Waals surface area contributed by atoms with Crippen LogP contribution >= 0.6 is 0 Å². The van der Waals surface area contributed by atoms with Crippen LogP contribution in [0, 0.1) is 0 Å². The first-order valence-corrected chi connectivity index (χ1v) is 14.5.